The van der Waals surface area contributed by atoms with Crippen molar-refractivity contribution in [2.75, 3.05) is 6.54 Å². The van der Waals surface area contributed by atoms with Gasteiger partial charge >= 0.3 is 0 Å². The molecule has 0 aliphatic heterocycles. The normalized spacial score (nSPS) is 17.2. The molecule has 0 bridgehead atoms. The van der Waals surface area contributed by atoms with Gasteiger partial charge in [-0.2, -0.15) is 0 Å². The molecule has 100 valence electrons. The molecule has 0 saturated heterocycles. The van der Waals surface area contributed by atoms with E-state index in [1.54, 1.807) is 11.3 Å². The van der Waals surface area contributed by atoms with Gasteiger partial charge in [0.05, 0.1) is 10.7 Å². The van der Waals surface area contributed by atoms with E-state index in [9.17, 15) is 0 Å². The minimum absolute atomic E-state index is 0.342. The van der Waals surface area contributed by atoms with Gasteiger partial charge in [-0.25, -0.2) is 4.98 Å². The van der Waals surface area contributed by atoms with Crippen molar-refractivity contribution in [3.63, 3.8) is 0 Å². The van der Waals surface area contributed by atoms with Crippen LogP contribution in [-0.4, -0.2) is 11.5 Å². The summed E-state index contributed by atoms with van der Waals surface area (Å²) >= 11 is 5.22. The standard InChI is InChI=1S/C15H17BrN2S/c16-12-4-2-11(3-5-12)13-9-19-14(18-13)8-15(10-17)6-1-7-15/h2-5,9H,1,6-8,10,17H2. The van der Waals surface area contributed by atoms with Gasteiger partial charge in [0.1, 0.15) is 0 Å². The summed E-state index contributed by atoms with van der Waals surface area (Å²) in [5.41, 5.74) is 8.53. The lowest BCUT2D eigenvalue weighted by Gasteiger charge is -2.40. The van der Waals surface area contributed by atoms with E-state index in [0.717, 1.165) is 23.1 Å². The van der Waals surface area contributed by atoms with Crippen molar-refractivity contribution >= 4 is 27.3 Å². The molecule has 0 radical (unpaired) electrons. The first-order chi connectivity index (χ1) is 9.21. The first kappa shape index (κ1) is 13.3. The smallest absolute Gasteiger partial charge is 0.0938 e. The quantitative estimate of drug-likeness (QED) is 0.906. The molecule has 1 saturated carbocycles. The molecule has 2 nitrogen and oxygen atoms in total. The first-order valence-corrected chi connectivity index (χ1v) is 8.28. The zero-order chi connectivity index (χ0) is 13.3. The Balaban J connectivity index is 1.77. The Labute approximate surface area is 126 Å². The van der Waals surface area contributed by atoms with Gasteiger partial charge in [0, 0.05) is 21.8 Å². The number of nitrogens with two attached hydrogens (primary N) is 1. The molecule has 1 aliphatic carbocycles. The highest BCUT2D eigenvalue weighted by atomic mass is 79.9. The molecule has 0 spiro atoms. The summed E-state index contributed by atoms with van der Waals surface area (Å²) < 4.78 is 1.10. The second kappa shape index (κ2) is 5.35. The summed E-state index contributed by atoms with van der Waals surface area (Å²) in [6, 6.07) is 8.32. The largest absolute Gasteiger partial charge is 0.330 e. The van der Waals surface area contributed by atoms with Crippen LogP contribution >= 0.6 is 27.3 Å². The van der Waals surface area contributed by atoms with Gasteiger partial charge in [-0.1, -0.05) is 34.5 Å². The average molecular weight is 337 g/mol. The van der Waals surface area contributed by atoms with E-state index < -0.39 is 0 Å². The predicted octanol–water partition coefficient (Wildman–Crippen LogP) is 4.24. The van der Waals surface area contributed by atoms with Gasteiger partial charge in [0.15, 0.2) is 0 Å². The number of rotatable bonds is 4. The molecule has 2 N–H and O–H groups in total. The van der Waals surface area contributed by atoms with Gasteiger partial charge in [-0.05, 0) is 36.9 Å². The lowest BCUT2D eigenvalue weighted by atomic mass is 9.67. The van der Waals surface area contributed by atoms with Crippen LogP contribution in [0.2, 0.25) is 0 Å². The van der Waals surface area contributed by atoms with Crippen LogP contribution in [0.15, 0.2) is 34.1 Å². The van der Waals surface area contributed by atoms with Crippen molar-refractivity contribution in [2.45, 2.75) is 25.7 Å². The van der Waals surface area contributed by atoms with Gasteiger partial charge in [-0.3, -0.25) is 0 Å². The maximum absolute atomic E-state index is 5.92. The number of nitrogens with zero attached hydrogens (tertiary/aromatic N) is 1. The number of thiazole rings is 1. The molecule has 19 heavy (non-hydrogen) atoms. The van der Waals surface area contributed by atoms with Crippen LogP contribution in [0.5, 0.6) is 0 Å². The molecule has 1 aromatic heterocycles. The zero-order valence-corrected chi connectivity index (χ0v) is 13.1. The second-order valence-corrected chi connectivity index (χ2v) is 7.23. The Morgan fingerprint density at radius 2 is 2.00 bits per heavy atom. The minimum Gasteiger partial charge on any atom is -0.330 e. The Morgan fingerprint density at radius 3 is 2.58 bits per heavy atom. The number of hydrogen-bond acceptors (Lipinski definition) is 3. The Morgan fingerprint density at radius 1 is 1.26 bits per heavy atom. The fourth-order valence-electron chi connectivity index (χ4n) is 2.60. The summed E-state index contributed by atoms with van der Waals surface area (Å²) in [5, 5.41) is 3.38. The predicted molar refractivity (Wildman–Crippen MR) is 84.3 cm³/mol. The van der Waals surface area contributed by atoms with E-state index in [4.69, 9.17) is 10.7 Å². The molecule has 1 aliphatic rings. The Bertz CT molecular complexity index is 552. The van der Waals surface area contributed by atoms with Gasteiger partial charge < -0.3 is 5.73 Å². The van der Waals surface area contributed by atoms with Crippen molar-refractivity contribution in [2.24, 2.45) is 11.1 Å². The lowest BCUT2D eigenvalue weighted by Crippen LogP contribution is -2.39. The third-order valence-corrected chi connectivity index (χ3v) is 5.44. The SMILES string of the molecule is NCC1(Cc2nc(-c3ccc(Br)cc3)cs2)CCC1. The van der Waals surface area contributed by atoms with E-state index in [-0.39, 0.29) is 0 Å². The Hall–Kier alpha value is -0.710. The number of halogens is 1. The van der Waals surface area contributed by atoms with E-state index in [0.29, 0.717) is 5.41 Å². The van der Waals surface area contributed by atoms with Crippen molar-refractivity contribution in [3.8, 4) is 11.3 Å². The molecule has 4 heteroatoms. The molecule has 0 unspecified atom stereocenters. The van der Waals surface area contributed by atoms with Crippen LogP contribution in [0.3, 0.4) is 0 Å². The topological polar surface area (TPSA) is 38.9 Å². The van der Waals surface area contributed by atoms with E-state index in [2.05, 4.69) is 45.6 Å². The van der Waals surface area contributed by atoms with Crippen LogP contribution in [0.25, 0.3) is 11.3 Å². The molecule has 1 heterocycles. The molecular weight excluding hydrogens is 320 g/mol. The summed E-state index contributed by atoms with van der Waals surface area (Å²) in [6.07, 6.45) is 4.89. The second-order valence-electron chi connectivity index (χ2n) is 5.37. The summed E-state index contributed by atoms with van der Waals surface area (Å²) in [7, 11) is 0. The van der Waals surface area contributed by atoms with Crippen molar-refractivity contribution in [1.29, 1.82) is 0 Å². The first-order valence-electron chi connectivity index (χ1n) is 6.61. The number of hydrogen-bond donors (Lipinski definition) is 1. The van der Waals surface area contributed by atoms with E-state index >= 15 is 0 Å². The van der Waals surface area contributed by atoms with Crippen LogP contribution < -0.4 is 5.73 Å². The number of benzene rings is 1. The van der Waals surface area contributed by atoms with Crippen LogP contribution in [-0.2, 0) is 6.42 Å². The highest BCUT2D eigenvalue weighted by Gasteiger charge is 2.36. The van der Waals surface area contributed by atoms with Crippen molar-refractivity contribution in [3.05, 3.63) is 39.1 Å². The van der Waals surface area contributed by atoms with Gasteiger partial charge in [-0.15, -0.1) is 11.3 Å². The number of aromatic nitrogens is 1. The molecular formula is C15H17BrN2S. The molecule has 0 amide bonds. The third-order valence-electron chi connectivity index (χ3n) is 4.07. The average Bonchev–Trinajstić information content (AvgIpc) is 2.83. The van der Waals surface area contributed by atoms with E-state index in [1.807, 2.05) is 0 Å². The maximum Gasteiger partial charge on any atom is 0.0938 e. The highest BCUT2D eigenvalue weighted by Crippen LogP contribution is 2.43. The Kier molecular flexibility index (Phi) is 3.74. The van der Waals surface area contributed by atoms with Gasteiger partial charge in [0.2, 0.25) is 0 Å². The van der Waals surface area contributed by atoms with Crippen molar-refractivity contribution < 1.29 is 0 Å². The maximum atomic E-state index is 5.92. The summed E-state index contributed by atoms with van der Waals surface area (Å²) in [6.45, 7) is 0.792. The van der Waals surface area contributed by atoms with Gasteiger partial charge in [0.25, 0.3) is 0 Å². The summed E-state index contributed by atoms with van der Waals surface area (Å²) in [5.74, 6) is 0. The van der Waals surface area contributed by atoms with Crippen molar-refractivity contribution in [1.82, 2.24) is 4.98 Å². The lowest BCUT2D eigenvalue weighted by molar-refractivity contribution is 0.145. The van der Waals surface area contributed by atoms with Crippen LogP contribution in [0.4, 0.5) is 0 Å². The van der Waals surface area contributed by atoms with Crippen LogP contribution in [0, 0.1) is 5.41 Å². The minimum atomic E-state index is 0.342. The van der Waals surface area contributed by atoms with E-state index in [1.165, 1.54) is 29.8 Å². The molecule has 1 aromatic carbocycles. The summed E-state index contributed by atoms with van der Waals surface area (Å²) in [4.78, 5) is 4.77. The van der Waals surface area contributed by atoms with Crippen LogP contribution in [0.1, 0.15) is 24.3 Å². The third kappa shape index (κ3) is 2.76. The molecule has 3 rings (SSSR count). The fourth-order valence-corrected chi connectivity index (χ4v) is 3.84. The zero-order valence-electron chi connectivity index (χ0n) is 10.7. The molecule has 2 aromatic rings. The molecule has 1 fully saturated rings. The fraction of sp³-hybridized carbons (Fsp3) is 0.400. The molecule has 0 atom stereocenters. The monoisotopic (exact) mass is 336 g/mol. The highest BCUT2D eigenvalue weighted by molar-refractivity contribution is 9.10.